The van der Waals surface area contributed by atoms with E-state index in [2.05, 4.69) is 10.6 Å². The average molecular weight is 309 g/mol. The molecule has 5 heteroatoms. The molecule has 0 aliphatic carbocycles. The van der Waals surface area contributed by atoms with Crippen molar-refractivity contribution in [2.45, 2.75) is 31.4 Å². The predicted molar refractivity (Wildman–Crippen MR) is 82.3 cm³/mol. The molecule has 0 bridgehead atoms. The summed E-state index contributed by atoms with van der Waals surface area (Å²) in [5.41, 5.74) is 1.08. The lowest BCUT2D eigenvalue weighted by molar-refractivity contribution is -0.126. The maximum Gasteiger partial charge on any atom is 0.223 e. The van der Waals surface area contributed by atoms with Crippen LogP contribution in [0.2, 0.25) is 5.02 Å². The summed E-state index contributed by atoms with van der Waals surface area (Å²) in [7, 11) is 0. The Morgan fingerprint density at radius 2 is 1.90 bits per heavy atom. The lowest BCUT2D eigenvalue weighted by Crippen LogP contribution is -2.43. The van der Waals surface area contributed by atoms with Gasteiger partial charge < -0.3 is 15.4 Å². The standard InChI is InChI=1S/C16H21ClN2O2/c17-13-3-1-11(2-4-13)15-14(7-10-21-15)19-16(20)12-5-8-18-9-6-12/h1-4,12,14-15,18H,5-10H2,(H,19,20). The van der Waals surface area contributed by atoms with Gasteiger partial charge in [0.1, 0.15) is 6.10 Å². The number of rotatable bonds is 3. The number of carbonyl (C=O) groups excluding carboxylic acids is 1. The van der Waals surface area contributed by atoms with Gasteiger partial charge in [-0.15, -0.1) is 0 Å². The lowest BCUT2D eigenvalue weighted by Gasteiger charge is -2.26. The quantitative estimate of drug-likeness (QED) is 0.901. The van der Waals surface area contributed by atoms with Crippen LogP contribution in [0.15, 0.2) is 24.3 Å². The summed E-state index contributed by atoms with van der Waals surface area (Å²) >= 11 is 5.92. The Hall–Kier alpha value is -1.10. The van der Waals surface area contributed by atoms with Gasteiger partial charge in [0.15, 0.2) is 0 Å². The molecule has 2 atom stereocenters. The van der Waals surface area contributed by atoms with Gasteiger partial charge in [0.05, 0.1) is 6.04 Å². The minimum absolute atomic E-state index is 0.0621. The number of hydrogen-bond acceptors (Lipinski definition) is 3. The smallest absolute Gasteiger partial charge is 0.223 e. The number of amides is 1. The second kappa shape index (κ2) is 6.77. The molecule has 114 valence electrons. The molecule has 21 heavy (non-hydrogen) atoms. The van der Waals surface area contributed by atoms with E-state index >= 15 is 0 Å². The molecule has 0 radical (unpaired) electrons. The fourth-order valence-corrected chi connectivity index (χ4v) is 3.23. The zero-order valence-corrected chi connectivity index (χ0v) is 12.7. The molecule has 1 aromatic carbocycles. The fraction of sp³-hybridized carbons (Fsp3) is 0.562. The summed E-state index contributed by atoms with van der Waals surface area (Å²) < 4.78 is 5.81. The van der Waals surface area contributed by atoms with Gasteiger partial charge in [0.2, 0.25) is 5.91 Å². The SMILES string of the molecule is O=C(NC1CCOC1c1ccc(Cl)cc1)C1CCNCC1. The number of nitrogens with one attached hydrogen (secondary N) is 2. The monoisotopic (exact) mass is 308 g/mol. The highest BCUT2D eigenvalue weighted by molar-refractivity contribution is 6.30. The third-order valence-corrected chi connectivity index (χ3v) is 4.58. The zero-order valence-electron chi connectivity index (χ0n) is 12.0. The molecule has 2 N–H and O–H groups in total. The fourth-order valence-electron chi connectivity index (χ4n) is 3.10. The Balaban J connectivity index is 1.63. The highest BCUT2D eigenvalue weighted by atomic mass is 35.5. The summed E-state index contributed by atoms with van der Waals surface area (Å²) in [4.78, 5) is 12.4. The molecule has 2 saturated heterocycles. The van der Waals surface area contributed by atoms with Crippen LogP contribution in [0, 0.1) is 5.92 Å². The third kappa shape index (κ3) is 3.57. The summed E-state index contributed by atoms with van der Waals surface area (Å²) in [5.74, 6) is 0.309. The van der Waals surface area contributed by atoms with Crippen molar-refractivity contribution in [2.75, 3.05) is 19.7 Å². The average Bonchev–Trinajstić information content (AvgIpc) is 2.97. The van der Waals surface area contributed by atoms with Gasteiger partial charge in [-0.05, 0) is 50.0 Å². The molecule has 2 unspecified atom stereocenters. The maximum atomic E-state index is 12.4. The van der Waals surface area contributed by atoms with Crippen LogP contribution >= 0.6 is 11.6 Å². The molecule has 2 fully saturated rings. The summed E-state index contributed by atoms with van der Waals surface area (Å²) in [6.07, 6.45) is 2.65. The van der Waals surface area contributed by atoms with E-state index in [4.69, 9.17) is 16.3 Å². The largest absolute Gasteiger partial charge is 0.371 e. The van der Waals surface area contributed by atoms with Crippen LogP contribution in [-0.2, 0) is 9.53 Å². The summed E-state index contributed by atoms with van der Waals surface area (Å²) in [6.45, 7) is 2.55. The van der Waals surface area contributed by atoms with Crippen LogP contribution in [0.4, 0.5) is 0 Å². The molecular weight excluding hydrogens is 288 g/mol. The van der Waals surface area contributed by atoms with Crippen molar-refractivity contribution in [3.63, 3.8) is 0 Å². The molecule has 4 nitrogen and oxygen atoms in total. The predicted octanol–water partition coefficient (Wildman–Crippen LogP) is 2.29. The molecule has 0 aromatic heterocycles. The van der Waals surface area contributed by atoms with Crippen molar-refractivity contribution in [1.29, 1.82) is 0 Å². The Bertz CT molecular complexity index is 486. The molecule has 1 amide bonds. The Morgan fingerprint density at radius 3 is 2.62 bits per heavy atom. The van der Waals surface area contributed by atoms with Crippen molar-refractivity contribution in [1.82, 2.24) is 10.6 Å². The van der Waals surface area contributed by atoms with E-state index in [1.54, 1.807) is 0 Å². The molecule has 1 aromatic rings. The van der Waals surface area contributed by atoms with E-state index in [9.17, 15) is 4.79 Å². The number of halogens is 1. The first-order valence-electron chi connectivity index (χ1n) is 7.62. The van der Waals surface area contributed by atoms with Gasteiger partial charge in [-0.25, -0.2) is 0 Å². The van der Waals surface area contributed by atoms with Crippen molar-refractivity contribution in [3.05, 3.63) is 34.9 Å². The molecule has 0 spiro atoms. The minimum atomic E-state index is -0.0621. The first kappa shape index (κ1) is 14.8. The van der Waals surface area contributed by atoms with Gasteiger partial charge in [0.25, 0.3) is 0 Å². The second-order valence-corrected chi connectivity index (χ2v) is 6.21. The van der Waals surface area contributed by atoms with Gasteiger partial charge in [-0.2, -0.15) is 0 Å². The van der Waals surface area contributed by atoms with Crippen LogP contribution in [0.5, 0.6) is 0 Å². The van der Waals surface area contributed by atoms with Crippen molar-refractivity contribution >= 4 is 17.5 Å². The van der Waals surface area contributed by atoms with Gasteiger partial charge in [-0.3, -0.25) is 4.79 Å². The lowest BCUT2D eigenvalue weighted by atomic mass is 9.95. The molecule has 3 rings (SSSR count). The number of piperidine rings is 1. The molecular formula is C16H21ClN2O2. The highest BCUT2D eigenvalue weighted by Crippen LogP contribution is 2.30. The molecule has 0 saturated carbocycles. The summed E-state index contributed by atoms with van der Waals surface area (Å²) in [6, 6.07) is 7.74. The first-order chi connectivity index (χ1) is 10.2. The zero-order chi connectivity index (χ0) is 14.7. The van der Waals surface area contributed by atoms with E-state index in [1.165, 1.54) is 0 Å². The maximum absolute atomic E-state index is 12.4. The van der Waals surface area contributed by atoms with Crippen LogP contribution < -0.4 is 10.6 Å². The Morgan fingerprint density at radius 1 is 1.19 bits per heavy atom. The van der Waals surface area contributed by atoms with Crippen LogP contribution in [0.25, 0.3) is 0 Å². The number of ether oxygens (including phenoxy) is 1. The van der Waals surface area contributed by atoms with Crippen LogP contribution in [-0.4, -0.2) is 31.6 Å². The number of carbonyl (C=O) groups is 1. The Kier molecular flexibility index (Phi) is 4.78. The molecule has 2 aliphatic heterocycles. The van der Waals surface area contributed by atoms with Crippen molar-refractivity contribution < 1.29 is 9.53 Å². The van der Waals surface area contributed by atoms with E-state index in [-0.39, 0.29) is 24.0 Å². The summed E-state index contributed by atoms with van der Waals surface area (Å²) in [5, 5.41) is 7.19. The van der Waals surface area contributed by atoms with E-state index in [0.717, 1.165) is 37.9 Å². The number of benzene rings is 1. The Labute approximate surface area is 130 Å². The third-order valence-electron chi connectivity index (χ3n) is 4.33. The second-order valence-electron chi connectivity index (χ2n) is 5.77. The van der Waals surface area contributed by atoms with Gasteiger partial charge >= 0.3 is 0 Å². The van der Waals surface area contributed by atoms with E-state index < -0.39 is 0 Å². The molecule has 2 heterocycles. The number of hydrogen-bond donors (Lipinski definition) is 2. The van der Waals surface area contributed by atoms with Gasteiger partial charge in [-0.1, -0.05) is 23.7 Å². The topological polar surface area (TPSA) is 50.4 Å². The van der Waals surface area contributed by atoms with Crippen LogP contribution in [0.1, 0.15) is 30.9 Å². The van der Waals surface area contributed by atoms with E-state index in [1.807, 2.05) is 24.3 Å². The van der Waals surface area contributed by atoms with Gasteiger partial charge in [0, 0.05) is 17.5 Å². The molecule has 2 aliphatic rings. The highest BCUT2D eigenvalue weighted by Gasteiger charge is 2.32. The first-order valence-corrected chi connectivity index (χ1v) is 8.00. The normalized spacial score (nSPS) is 26.7. The van der Waals surface area contributed by atoms with Crippen molar-refractivity contribution in [3.8, 4) is 0 Å². The van der Waals surface area contributed by atoms with Crippen LogP contribution in [0.3, 0.4) is 0 Å². The minimum Gasteiger partial charge on any atom is -0.371 e. The van der Waals surface area contributed by atoms with E-state index in [0.29, 0.717) is 11.6 Å². The van der Waals surface area contributed by atoms with Crippen molar-refractivity contribution in [2.24, 2.45) is 5.92 Å².